The summed E-state index contributed by atoms with van der Waals surface area (Å²) in [6.45, 7) is 6.46. The van der Waals surface area contributed by atoms with Gasteiger partial charge in [-0.05, 0) is 43.7 Å². The highest BCUT2D eigenvalue weighted by atomic mass is 32.2. The quantitative estimate of drug-likeness (QED) is 0.826. The number of nitrogens with one attached hydrogen (secondary N) is 1. The Morgan fingerprint density at radius 2 is 2.12 bits per heavy atom. The Morgan fingerprint density at radius 1 is 1.41 bits per heavy atom. The van der Waals surface area contributed by atoms with Crippen molar-refractivity contribution in [3.8, 4) is 0 Å². The molecule has 1 aromatic rings. The molecule has 0 heterocycles. The maximum atomic E-state index is 13.3. The molecule has 1 nitrogen and oxygen atoms in total. The van der Waals surface area contributed by atoms with Crippen molar-refractivity contribution in [3.05, 3.63) is 35.1 Å². The molecule has 0 aliphatic heterocycles. The van der Waals surface area contributed by atoms with Gasteiger partial charge in [0.2, 0.25) is 0 Å². The fourth-order valence-corrected chi connectivity index (χ4v) is 2.80. The van der Waals surface area contributed by atoms with Gasteiger partial charge < -0.3 is 5.32 Å². The molecule has 1 aromatic carbocycles. The van der Waals surface area contributed by atoms with Gasteiger partial charge in [0, 0.05) is 17.0 Å². The van der Waals surface area contributed by atoms with Gasteiger partial charge in [-0.1, -0.05) is 19.9 Å². The van der Waals surface area contributed by atoms with Gasteiger partial charge >= 0.3 is 0 Å². The summed E-state index contributed by atoms with van der Waals surface area (Å²) in [5.74, 6) is 0.829. The predicted octanol–water partition coefficient (Wildman–Crippen LogP) is 3.93. The van der Waals surface area contributed by atoms with Crippen molar-refractivity contribution >= 4 is 11.8 Å². The zero-order valence-corrected chi connectivity index (χ0v) is 11.9. The summed E-state index contributed by atoms with van der Waals surface area (Å²) < 4.78 is 13.3. The molecule has 0 aromatic heterocycles. The normalized spacial score (nSPS) is 14.6. The Balaban J connectivity index is 2.75. The summed E-state index contributed by atoms with van der Waals surface area (Å²) in [5, 5.41) is 3.93. The molecule has 96 valence electrons. The molecule has 1 N–H and O–H groups in total. The smallest absolute Gasteiger partial charge is 0.123 e. The van der Waals surface area contributed by atoms with E-state index in [2.05, 4.69) is 19.2 Å². The summed E-state index contributed by atoms with van der Waals surface area (Å²) in [6, 6.07) is 5.24. The highest BCUT2D eigenvalue weighted by Crippen LogP contribution is 2.25. The van der Waals surface area contributed by atoms with Crippen LogP contribution in [0.3, 0.4) is 0 Å². The van der Waals surface area contributed by atoms with E-state index in [0.717, 1.165) is 16.9 Å². The van der Waals surface area contributed by atoms with Crippen molar-refractivity contribution < 1.29 is 4.39 Å². The van der Waals surface area contributed by atoms with Gasteiger partial charge in [0.25, 0.3) is 0 Å². The largest absolute Gasteiger partial charge is 0.312 e. The van der Waals surface area contributed by atoms with Crippen molar-refractivity contribution in [1.29, 1.82) is 0 Å². The van der Waals surface area contributed by atoms with Crippen molar-refractivity contribution in [1.82, 2.24) is 5.32 Å². The van der Waals surface area contributed by atoms with Crippen molar-refractivity contribution in [2.45, 2.75) is 38.5 Å². The Kier molecular flexibility index (Phi) is 6.00. The molecule has 0 spiro atoms. The zero-order chi connectivity index (χ0) is 12.8. The van der Waals surface area contributed by atoms with E-state index in [1.54, 1.807) is 6.07 Å². The Hall–Kier alpha value is -0.540. The lowest BCUT2D eigenvalue weighted by atomic mass is 10.0. The van der Waals surface area contributed by atoms with Crippen LogP contribution in [0.2, 0.25) is 0 Å². The lowest BCUT2D eigenvalue weighted by Crippen LogP contribution is -2.21. The minimum atomic E-state index is -0.153. The van der Waals surface area contributed by atoms with E-state index in [0.29, 0.717) is 5.25 Å². The molecule has 2 unspecified atom stereocenters. The number of hydrogen-bond donors (Lipinski definition) is 1. The third-order valence-electron chi connectivity index (χ3n) is 3.09. The van der Waals surface area contributed by atoms with Gasteiger partial charge in [0.1, 0.15) is 5.82 Å². The van der Waals surface area contributed by atoms with E-state index in [9.17, 15) is 4.39 Å². The Bertz CT molecular complexity index is 354. The number of rotatable bonds is 6. The molecular weight excluding hydrogens is 233 g/mol. The maximum absolute atomic E-state index is 13.3. The highest BCUT2D eigenvalue weighted by Gasteiger charge is 2.14. The minimum absolute atomic E-state index is 0.153. The lowest BCUT2D eigenvalue weighted by molar-refractivity contribution is 0.608. The van der Waals surface area contributed by atoms with E-state index >= 15 is 0 Å². The van der Waals surface area contributed by atoms with E-state index in [-0.39, 0.29) is 11.9 Å². The first-order chi connectivity index (χ1) is 8.08. The second-order valence-corrected chi connectivity index (χ2v) is 5.87. The van der Waals surface area contributed by atoms with E-state index in [4.69, 9.17) is 0 Å². The van der Waals surface area contributed by atoms with Crippen LogP contribution < -0.4 is 5.32 Å². The molecule has 0 bridgehead atoms. The molecule has 0 aliphatic rings. The first-order valence-electron chi connectivity index (χ1n) is 6.13. The lowest BCUT2D eigenvalue weighted by Gasteiger charge is -2.20. The minimum Gasteiger partial charge on any atom is -0.312 e. The first-order valence-corrected chi connectivity index (χ1v) is 7.18. The van der Waals surface area contributed by atoms with Crippen molar-refractivity contribution in [2.75, 3.05) is 12.8 Å². The molecule has 2 atom stereocenters. The third kappa shape index (κ3) is 4.32. The summed E-state index contributed by atoms with van der Waals surface area (Å²) in [5.41, 5.74) is 2.22. The highest BCUT2D eigenvalue weighted by molar-refractivity contribution is 7.99. The third-order valence-corrected chi connectivity index (χ3v) is 4.52. The molecule has 0 saturated carbocycles. The van der Waals surface area contributed by atoms with Crippen LogP contribution in [-0.2, 0) is 0 Å². The van der Waals surface area contributed by atoms with Crippen LogP contribution >= 0.6 is 11.8 Å². The van der Waals surface area contributed by atoms with Crippen LogP contribution in [0.15, 0.2) is 18.2 Å². The van der Waals surface area contributed by atoms with Crippen molar-refractivity contribution in [3.63, 3.8) is 0 Å². The zero-order valence-electron chi connectivity index (χ0n) is 11.1. The Morgan fingerprint density at radius 3 is 2.71 bits per heavy atom. The monoisotopic (exact) mass is 255 g/mol. The Labute approximate surface area is 108 Å². The standard InChI is InChI=1S/C14H22FNS/c1-5-11(3)17-9-14(16-4)13-8-12(15)7-6-10(13)2/h6-8,11,14,16H,5,9H2,1-4H3. The van der Waals surface area contributed by atoms with Gasteiger partial charge in [-0.15, -0.1) is 0 Å². The van der Waals surface area contributed by atoms with Crippen molar-refractivity contribution in [2.24, 2.45) is 0 Å². The van der Waals surface area contributed by atoms with Gasteiger partial charge in [0.15, 0.2) is 0 Å². The SMILES string of the molecule is CCC(C)SCC(NC)c1cc(F)ccc1C. The number of benzene rings is 1. The topological polar surface area (TPSA) is 12.0 Å². The van der Waals surface area contributed by atoms with E-state index in [1.165, 1.54) is 12.5 Å². The maximum Gasteiger partial charge on any atom is 0.123 e. The van der Waals surface area contributed by atoms with E-state index in [1.807, 2.05) is 31.8 Å². The van der Waals surface area contributed by atoms with Crippen LogP contribution in [0, 0.1) is 12.7 Å². The average molecular weight is 255 g/mol. The van der Waals surface area contributed by atoms with E-state index < -0.39 is 0 Å². The van der Waals surface area contributed by atoms with Crippen LogP contribution in [0.1, 0.15) is 37.4 Å². The molecule has 3 heteroatoms. The molecule has 0 saturated heterocycles. The van der Waals surface area contributed by atoms with Crippen LogP contribution in [0.25, 0.3) is 0 Å². The number of thioether (sulfide) groups is 1. The van der Waals surface area contributed by atoms with Gasteiger partial charge in [-0.2, -0.15) is 11.8 Å². The van der Waals surface area contributed by atoms with Crippen LogP contribution in [0.4, 0.5) is 4.39 Å². The summed E-state index contributed by atoms with van der Waals surface area (Å²) >= 11 is 1.93. The number of hydrogen-bond acceptors (Lipinski definition) is 2. The van der Waals surface area contributed by atoms with Gasteiger partial charge in [-0.25, -0.2) is 4.39 Å². The fourth-order valence-electron chi connectivity index (χ4n) is 1.69. The summed E-state index contributed by atoms with van der Waals surface area (Å²) in [6.07, 6.45) is 1.17. The summed E-state index contributed by atoms with van der Waals surface area (Å²) in [4.78, 5) is 0. The molecule has 0 aliphatic carbocycles. The van der Waals surface area contributed by atoms with Crippen LogP contribution in [0.5, 0.6) is 0 Å². The average Bonchev–Trinajstić information content (AvgIpc) is 2.33. The number of aryl methyl sites for hydroxylation is 1. The predicted molar refractivity (Wildman–Crippen MR) is 75.1 cm³/mol. The number of halogens is 1. The fraction of sp³-hybridized carbons (Fsp3) is 0.571. The second-order valence-electron chi connectivity index (χ2n) is 4.39. The second kappa shape index (κ2) is 7.02. The van der Waals surface area contributed by atoms with Gasteiger partial charge in [-0.3, -0.25) is 0 Å². The molecule has 1 rings (SSSR count). The van der Waals surface area contributed by atoms with Gasteiger partial charge in [0.05, 0.1) is 0 Å². The molecule has 0 amide bonds. The molecule has 0 fully saturated rings. The molecular formula is C14H22FNS. The summed E-state index contributed by atoms with van der Waals surface area (Å²) in [7, 11) is 1.94. The molecule has 17 heavy (non-hydrogen) atoms. The van der Waals surface area contributed by atoms with Crippen LogP contribution in [-0.4, -0.2) is 18.1 Å². The molecule has 0 radical (unpaired) electrons. The first kappa shape index (κ1) is 14.5.